The lowest BCUT2D eigenvalue weighted by molar-refractivity contribution is 0.429. The molecule has 0 atom stereocenters. The Morgan fingerprint density at radius 3 is 0.846 bits per heavy atom. The highest BCUT2D eigenvalue weighted by Gasteiger charge is 2.40. The molecule has 0 radical (unpaired) electrons. The number of phenolic OH excluding ortho intramolecular Hbond substituents is 4. The van der Waals surface area contributed by atoms with Crippen LogP contribution < -0.4 is 0 Å². The van der Waals surface area contributed by atoms with E-state index < -0.39 is 0 Å². The zero-order valence-corrected chi connectivity index (χ0v) is 32.4. The quantitative estimate of drug-likeness (QED) is 0.140. The third-order valence-corrected chi connectivity index (χ3v) is 12.3. The Balaban J connectivity index is 1.41. The van der Waals surface area contributed by atoms with Gasteiger partial charge in [-0.2, -0.15) is 0 Å². The molecule has 2 aliphatic carbocycles. The predicted molar refractivity (Wildman–Crippen MR) is 214 cm³/mol. The van der Waals surface area contributed by atoms with Gasteiger partial charge in [0.05, 0.1) is 0 Å². The van der Waals surface area contributed by atoms with Crippen LogP contribution in [0.25, 0.3) is 0 Å². The summed E-state index contributed by atoms with van der Waals surface area (Å²) in [6.07, 6.45) is 10.3. The summed E-state index contributed by atoms with van der Waals surface area (Å²) < 4.78 is 0. The molecule has 0 aromatic heterocycles. The lowest BCUT2D eigenvalue weighted by Gasteiger charge is -2.41. The standard InChI is InChI=1S/C48H58O4/c1-29(2)39-25-35(9-13-43(39)49)47(36-10-14-44(50)40(26-36)30(3)4)21-17-33(18-22-47)34-19-23-48(24-20-34,37-11-15-45(51)41(27-37)31(5)6)38-12-16-46(52)42(28-38)32(7)8/h9-17,19,25-32,49-52H,18,20-24H2,1-8H3. The van der Waals surface area contributed by atoms with Gasteiger partial charge in [0, 0.05) is 10.8 Å². The fraction of sp³-hybridized carbons (Fsp3) is 0.417. The van der Waals surface area contributed by atoms with E-state index in [-0.39, 0.29) is 34.5 Å². The number of phenols is 4. The molecular weight excluding hydrogens is 641 g/mol. The van der Waals surface area contributed by atoms with Gasteiger partial charge < -0.3 is 20.4 Å². The van der Waals surface area contributed by atoms with E-state index in [0.717, 1.165) is 60.8 Å². The van der Waals surface area contributed by atoms with Crippen molar-refractivity contribution in [3.8, 4) is 23.0 Å². The lowest BCUT2D eigenvalue weighted by Crippen LogP contribution is -2.32. The van der Waals surface area contributed by atoms with Crippen molar-refractivity contribution < 1.29 is 20.4 Å². The highest BCUT2D eigenvalue weighted by Crippen LogP contribution is 2.52. The average molecular weight is 699 g/mol. The molecule has 0 unspecified atom stereocenters. The lowest BCUT2D eigenvalue weighted by atomic mass is 9.62. The molecule has 6 rings (SSSR count). The number of rotatable bonds is 9. The molecule has 4 heteroatoms. The number of hydrogen-bond donors (Lipinski definition) is 4. The largest absolute Gasteiger partial charge is 0.508 e. The zero-order valence-electron chi connectivity index (χ0n) is 32.4. The van der Waals surface area contributed by atoms with Crippen molar-refractivity contribution in [1.29, 1.82) is 0 Å². The van der Waals surface area contributed by atoms with E-state index in [0.29, 0.717) is 23.0 Å². The van der Waals surface area contributed by atoms with Gasteiger partial charge in [-0.15, -0.1) is 0 Å². The van der Waals surface area contributed by atoms with Crippen LogP contribution in [-0.2, 0) is 10.8 Å². The summed E-state index contributed by atoms with van der Waals surface area (Å²) in [5.74, 6) is 2.15. The summed E-state index contributed by atoms with van der Waals surface area (Å²) in [7, 11) is 0. The van der Waals surface area contributed by atoms with E-state index in [1.807, 2.05) is 24.3 Å². The third kappa shape index (κ3) is 6.77. The Bertz CT molecular complexity index is 1750. The maximum absolute atomic E-state index is 10.8. The number of allylic oxidation sites excluding steroid dienone is 4. The molecule has 0 heterocycles. The molecule has 0 spiro atoms. The van der Waals surface area contributed by atoms with Gasteiger partial charge in [-0.05, 0) is 142 Å². The highest BCUT2D eigenvalue weighted by atomic mass is 16.3. The van der Waals surface area contributed by atoms with Gasteiger partial charge in [-0.1, -0.05) is 116 Å². The summed E-state index contributed by atoms with van der Waals surface area (Å²) in [6, 6.07) is 24.7. The minimum absolute atomic E-state index is 0.195. The molecule has 274 valence electrons. The Labute approximate surface area is 311 Å². The molecule has 0 saturated heterocycles. The molecular formula is C48H58O4. The van der Waals surface area contributed by atoms with E-state index in [1.165, 1.54) is 33.4 Å². The molecule has 4 aromatic rings. The maximum Gasteiger partial charge on any atom is 0.119 e. The first-order valence-electron chi connectivity index (χ1n) is 19.4. The Morgan fingerprint density at radius 2 is 0.654 bits per heavy atom. The van der Waals surface area contributed by atoms with Crippen molar-refractivity contribution in [3.05, 3.63) is 141 Å². The number of hydrogen-bond acceptors (Lipinski definition) is 4. The molecule has 0 bridgehead atoms. The monoisotopic (exact) mass is 698 g/mol. The van der Waals surface area contributed by atoms with Crippen molar-refractivity contribution in [2.75, 3.05) is 0 Å². The molecule has 0 fully saturated rings. The second-order valence-electron chi connectivity index (χ2n) is 16.7. The van der Waals surface area contributed by atoms with Crippen LogP contribution in [0.2, 0.25) is 0 Å². The molecule has 52 heavy (non-hydrogen) atoms. The smallest absolute Gasteiger partial charge is 0.119 e. The first-order valence-corrected chi connectivity index (χ1v) is 19.4. The van der Waals surface area contributed by atoms with E-state index in [9.17, 15) is 20.4 Å². The van der Waals surface area contributed by atoms with Crippen molar-refractivity contribution >= 4 is 0 Å². The predicted octanol–water partition coefficient (Wildman–Crippen LogP) is 12.5. The SMILES string of the molecule is CC(C)c1cc(C2(c3ccc(O)c(C(C)C)c3)CC=C(C3=CCC(c4ccc(O)c(C(C)C)c4)(c4ccc(O)c(C(C)C)c4)CC3)CC2)ccc1O. The van der Waals surface area contributed by atoms with Gasteiger partial charge in [0.2, 0.25) is 0 Å². The Kier molecular flexibility index (Phi) is 10.4. The van der Waals surface area contributed by atoms with Crippen LogP contribution in [0.15, 0.2) is 96.1 Å². The second kappa shape index (κ2) is 14.5. The van der Waals surface area contributed by atoms with E-state index in [4.69, 9.17) is 0 Å². The topological polar surface area (TPSA) is 80.9 Å². The third-order valence-electron chi connectivity index (χ3n) is 12.3. The molecule has 4 aromatic carbocycles. The summed E-state index contributed by atoms with van der Waals surface area (Å²) in [5, 5.41) is 43.1. The maximum atomic E-state index is 10.8. The fourth-order valence-corrected chi connectivity index (χ4v) is 8.92. The molecule has 0 aliphatic heterocycles. The van der Waals surface area contributed by atoms with Gasteiger partial charge in [-0.3, -0.25) is 0 Å². The summed E-state index contributed by atoms with van der Waals surface area (Å²) >= 11 is 0. The molecule has 4 N–H and O–H groups in total. The first-order chi connectivity index (χ1) is 24.7. The number of aromatic hydroxyl groups is 4. The Morgan fingerprint density at radius 1 is 0.404 bits per heavy atom. The van der Waals surface area contributed by atoms with Crippen molar-refractivity contribution in [2.24, 2.45) is 0 Å². The second-order valence-corrected chi connectivity index (χ2v) is 16.7. The summed E-state index contributed by atoms with van der Waals surface area (Å²) in [6.45, 7) is 17.0. The molecule has 4 nitrogen and oxygen atoms in total. The van der Waals surface area contributed by atoms with Gasteiger partial charge >= 0.3 is 0 Å². The van der Waals surface area contributed by atoms with Crippen LogP contribution in [0, 0.1) is 0 Å². The molecule has 0 saturated carbocycles. The van der Waals surface area contributed by atoms with Crippen molar-refractivity contribution in [2.45, 2.75) is 128 Å². The fourth-order valence-electron chi connectivity index (χ4n) is 8.92. The summed E-state index contributed by atoms with van der Waals surface area (Å²) in [5.41, 5.74) is 11.0. The van der Waals surface area contributed by atoms with Crippen LogP contribution in [0.1, 0.15) is 162 Å². The van der Waals surface area contributed by atoms with Crippen LogP contribution >= 0.6 is 0 Å². The van der Waals surface area contributed by atoms with E-state index in [1.54, 1.807) is 0 Å². The zero-order chi connectivity index (χ0) is 37.5. The van der Waals surface area contributed by atoms with Crippen molar-refractivity contribution in [3.63, 3.8) is 0 Å². The molecule has 2 aliphatic rings. The molecule has 0 amide bonds. The highest BCUT2D eigenvalue weighted by molar-refractivity contribution is 5.54. The average Bonchev–Trinajstić information content (AvgIpc) is 3.12. The van der Waals surface area contributed by atoms with E-state index in [2.05, 4.69) is 116 Å². The van der Waals surface area contributed by atoms with Crippen LogP contribution in [-0.4, -0.2) is 20.4 Å². The Hall–Kier alpha value is -4.44. The minimum atomic E-state index is -0.282. The van der Waals surface area contributed by atoms with Crippen LogP contribution in [0.5, 0.6) is 23.0 Å². The number of benzene rings is 4. The first kappa shape index (κ1) is 37.3. The van der Waals surface area contributed by atoms with Gasteiger partial charge in [0.1, 0.15) is 23.0 Å². The van der Waals surface area contributed by atoms with Crippen LogP contribution in [0.4, 0.5) is 0 Å². The van der Waals surface area contributed by atoms with Gasteiger partial charge in [0.15, 0.2) is 0 Å². The van der Waals surface area contributed by atoms with Gasteiger partial charge in [0.25, 0.3) is 0 Å². The normalized spacial score (nSPS) is 17.2. The van der Waals surface area contributed by atoms with Crippen molar-refractivity contribution in [1.82, 2.24) is 0 Å². The van der Waals surface area contributed by atoms with E-state index >= 15 is 0 Å². The van der Waals surface area contributed by atoms with Gasteiger partial charge in [-0.25, -0.2) is 0 Å². The van der Waals surface area contributed by atoms with Crippen LogP contribution in [0.3, 0.4) is 0 Å². The minimum Gasteiger partial charge on any atom is -0.508 e. The summed E-state index contributed by atoms with van der Waals surface area (Å²) in [4.78, 5) is 0.